The third-order valence-corrected chi connectivity index (χ3v) is 3.22. The van der Waals surface area contributed by atoms with Crippen LogP contribution < -0.4 is 0 Å². The average molecular weight is 255 g/mol. The topological polar surface area (TPSA) is 23.5 Å². The first kappa shape index (κ1) is 13.4. The van der Waals surface area contributed by atoms with Crippen molar-refractivity contribution in [3.8, 4) is 0 Å². The lowest BCUT2D eigenvalue weighted by Gasteiger charge is -2.22. The van der Waals surface area contributed by atoms with E-state index in [0.717, 1.165) is 38.3 Å². The molecule has 1 saturated carbocycles. The molecule has 0 unspecified atom stereocenters. The van der Waals surface area contributed by atoms with Gasteiger partial charge in [-0.1, -0.05) is 0 Å². The fourth-order valence-electron chi connectivity index (χ4n) is 2.19. The fraction of sp³-hybridized carbons (Fsp3) is 0.571. The molecule has 1 aliphatic carbocycles. The van der Waals surface area contributed by atoms with Crippen LogP contribution in [0.4, 0.5) is 8.78 Å². The molecule has 0 bridgehead atoms. The van der Waals surface area contributed by atoms with Crippen molar-refractivity contribution in [3.63, 3.8) is 0 Å². The smallest absolute Gasteiger partial charge is 0.126 e. The maximum Gasteiger partial charge on any atom is 0.126 e. The van der Waals surface area contributed by atoms with E-state index in [1.807, 2.05) is 0 Å². The summed E-state index contributed by atoms with van der Waals surface area (Å²) >= 11 is 0. The Balaban J connectivity index is 1.94. The van der Waals surface area contributed by atoms with Crippen LogP contribution in [0.15, 0.2) is 18.2 Å². The van der Waals surface area contributed by atoms with Crippen molar-refractivity contribution in [1.29, 1.82) is 0 Å². The molecule has 2 rings (SSSR count). The van der Waals surface area contributed by atoms with E-state index in [2.05, 4.69) is 4.90 Å². The van der Waals surface area contributed by atoms with Gasteiger partial charge in [-0.25, -0.2) is 8.78 Å². The molecule has 4 heteroatoms. The number of benzene rings is 1. The van der Waals surface area contributed by atoms with Gasteiger partial charge in [-0.3, -0.25) is 4.90 Å². The second kappa shape index (κ2) is 6.25. The number of hydrogen-bond donors (Lipinski definition) is 1. The van der Waals surface area contributed by atoms with Crippen LogP contribution in [-0.4, -0.2) is 29.2 Å². The highest BCUT2D eigenvalue weighted by molar-refractivity contribution is 5.18. The van der Waals surface area contributed by atoms with Crippen LogP contribution in [0, 0.1) is 11.6 Å². The number of hydrogen-bond acceptors (Lipinski definition) is 2. The molecule has 2 nitrogen and oxygen atoms in total. The Labute approximate surface area is 106 Å². The Morgan fingerprint density at radius 1 is 1.11 bits per heavy atom. The van der Waals surface area contributed by atoms with Crippen molar-refractivity contribution in [1.82, 2.24) is 4.90 Å². The summed E-state index contributed by atoms with van der Waals surface area (Å²) in [6.07, 6.45) is 4.03. The van der Waals surface area contributed by atoms with Crippen molar-refractivity contribution in [2.45, 2.75) is 38.3 Å². The van der Waals surface area contributed by atoms with E-state index in [-0.39, 0.29) is 6.61 Å². The van der Waals surface area contributed by atoms with Gasteiger partial charge in [-0.05, 0) is 49.9 Å². The number of nitrogens with zero attached hydrogens (tertiary/aromatic N) is 1. The SMILES string of the molecule is OCCCCN(Cc1cc(F)cc(F)c1)C1CC1. The summed E-state index contributed by atoms with van der Waals surface area (Å²) in [7, 11) is 0. The van der Waals surface area contributed by atoms with E-state index in [0.29, 0.717) is 18.2 Å². The Hall–Kier alpha value is -1.00. The van der Waals surface area contributed by atoms with Gasteiger partial charge in [-0.2, -0.15) is 0 Å². The summed E-state index contributed by atoms with van der Waals surface area (Å²) in [5.74, 6) is -1.03. The Kier molecular flexibility index (Phi) is 4.66. The molecule has 0 aromatic heterocycles. The molecule has 100 valence electrons. The summed E-state index contributed by atoms with van der Waals surface area (Å²) in [4.78, 5) is 2.25. The molecule has 0 amide bonds. The van der Waals surface area contributed by atoms with Gasteiger partial charge in [0, 0.05) is 25.3 Å². The molecule has 18 heavy (non-hydrogen) atoms. The molecule has 1 aromatic rings. The fourth-order valence-corrected chi connectivity index (χ4v) is 2.19. The Morgan fingerprint density at radius 3 is 2.33 bits per heavy atom. The minimum absolute atomic E-state index is 0.201. The first-order valence-electron chi connectivity index (χ1n) is 6.49. The lowest BCUT2D eigenvalue weighted by Crippen LogP contribution is -2.27. The Morgan fingerprint density at radius 2 is 1.78 bits per heavy atom. The van der Waals surface area contributed by atoms with Gasteiger partial charge in [0.05, 0.1) is 0 Å². The van der Waals surface area contributed by atoms with Crippen LogP contribution in [0.25, 0.3) is 0 Å². The maximum absolute atomic E-state index is 13.1. The summed E-state index contributed by atoms with van der Waals surface area (Å²) < 4.78 is 26.2. The van der Waals surface area contributed by atoms with Gasteiger partial charge in [0.2, 0.25) is 0 Å². The van der Waals surface area contributed by atoms with Crippen LogP contribution in [-0.2, 0) is 6.54 Å². The van der Waals surface area contributed by atoms with Crippen LogP contribution in [0.5, 0.6) is 0 Å². The van der Waals surface area contributed by atoms with Crippen molar-refractivity contribution in [2.24, 2.45) is 0 Å². The zero-order chi connectivity index (χ0) is 13.0. The average Bonchev–Trinajstić information content (AvgIpc) is 3.10. The highest BCUT2D eigenvalue weighted by Gasteiger charge is 2.28. The molecule has 1 N–H and O–H groups in total. The number of aliphatic hydroxyl groups is 1. The summed E-state index contributed by atoms with van der Waals surface area (Å²) in [6.45, 7) is 1.67. The molecule has 0 radical (unpaired) electrons. The third-order valence-electron chi connectivity index (χ3n) is 3.22. The molecule has 0 spiro atoms. The summed E-state index contributed by atoms with van der Waals surface area (Å²) in [5.41, 5.74) is 0.684. The van der Waals surface area contributed by atoms with E-state index in [1.165, 1.54) is 12.1 Å². The van der Waals surface area contributed by atoms with Crippen molar-refractivity contribution in [2.75, 3.05) is 13.2 Å². The molecule has 0 saturated heterocycles. The largest absolute Gasteiger partial charge is 0.396 e. The second-order valence-corrected chi connectivity index (χ2v) is 4.91. The van der Waals surface area contributed by atoms with E-state index in [1.54, 1.807) is 0 Å². The minimum atomic E-state index is -0.517. The highest BCUT2D eigenvalue weighted by atomic mass is 19.1. The molecular weight excluding hydrogens is 236 g/mol. The van der Waals surface area contributed by atoms with Crippen molar-refractivity contribution >= 4 is 0 Å². The van der Waals surface area contributed by atoms with E-state index < -0.39 is 11.6 Å². The molecule has 0 heterocycles. The van der Waals surface area contributed by atoms with Gasteiger partial charge in [-0.15, -0.1) is 0 Å². The summed E-state index contributed by atoms with van der Waals surface area (Å²) in [5, 5.41) is 8.78. The zero-order valence-corrected chi connectivity index (χ0v) is 10.4. The normalized spacial score (nSPS) is 15.3. The lowest BCUT2D eigenvalue weighted by atomic mass is 10.2. The van der Waals surface area contributed by atoms with Crippen LogP contribution in [0.2, 0.25) is 0 Å². The van der Waals surface area contributed by atoms with E-state index in [9.17, 15) is 8.78 Å². The predicted molar refractivity (Wildman–Crippen MR) is 66.1 cm³/mol. The van der Waals surface area contributed by atoms with Gasteiger partial charge in [0.25, 0.3) is 0 Å². The quantitative estimate of drug-likeness (QED) is 0.757. The minimum Gasteiger partial charge on any atom is -0.396 e. The molecule has 1 fully saturated rings. The van der Waals surface area contributed by atoms with Gasteiger partial charge >= 0.3 is 0 Å². The summed E-state index contributed by atoms with van der Waals surface area (Å²) in [6, 6.07) is 4.24. The first-order chi connectivity index (χ1) is 8.69. The number of rotatable bonds is 7. The van der Waals surface area contributed by atoms with Crippen molar-refractivity contribution < 1.29 is 13.9 Å². The van der Waals surface area contributed by atoms with E-state index in [4.69, 9.17) is 5.11 Å². The van der Waals surface area contributed by atoms with Crippen molar-refractivity contribution in [3.05, 3.63) is 35.4 Å². The number of unbranched alkanes of at least 4 members (excludes halogenated alkanes) is 1. The zero-order valence-electron chi connectivity index (χ0n) is 10.4. The Bertz CT molecular complexity index is 373. The molecule has 1 aromatic carbocycles. The van der Waals surface area contributed by atoms with Gasteiger partial charge in [0.1, 0.15) is 11.6 Å². The molecule has 0 aliphatic heterocycles. The standard InChI is InChI=1S/C14H19F2NO/c15-12-7-11(8-13(16)9-12)10-17(14-3-4-14)5-1-2-6-18/h7-9,14,18H,1-6,10H2. The molecule has 0 atom stereocenters. The third kappa shape index (κ3) is 4.03. The predicted octanol–water partition coefficient (Wildman–Crippen LogP) is 2.70. The van der Waals surface area contributed by atoms with Crippen LogP contribution in [0.3, 0.4) is 0 Å². The second-order valence-electron chi connectivity index (χ2n) is 4.91. The van der Waals surface area contributed by atoms with Gasteiger partial charge < -0.3 is 5.11 Å². The monoisotopic (exact) mass is 255 g/mol. The maximum atomic E-state index is 13.1. The van der Waals surface area contributed by atoms with Crippen LogP contribution in [0.1, 0.15) is 31.2 Å². The number of aliphatic hydroxyl groups excluding tert-OH is 1. The number of halogens is 2. The first-order valence-corrected chi connectivity index (χ1v) is 6.49. The van der Waals surface area contributed by atoms with Crippen LogP contribution >= 0.6 is 0 Å². The lowest BCUT2D eigenvalue weighted by molar-refractivity contribution is 0.228. The van der Waals surface area contributed by atoms with Gasteiger partial charge in [0.15, 0.2) is 0 Å². The molecule has 1 aliphatic rings. The molecular formula is C14H19F2NO. The highest BCUT2D eigenvalue weighted by Crippen LogP contribution is 2.28. The van der Waals surface area contributed by atoms with E-state index >= 15 is 0 Å².